The fraction of sp³-hybridized carbons (Fsp3) is 0.444. The molecule has 1 saturated heterocycles. The van der Waals surface area contributed by atoms with Crippen molar-refractivity contribution in [3.05, 3.63) is 32.1 Å². The molecule has 4 heterocycles. The first-order valence-corrected chi connectivity index (χ1v) is 13.4. The number of carbonyl (C=O) groups is 3. The Bertz CT molecular complexity index is 1250. The molecule has 2 amide bonds. The van der Waals surface area contributed by atoms with Gasteiger partial charge >= 0.3 is 12.1 Å². The summed E-state index contributed by atoms with van der Waals surface area (Å²) in [5.74, 6) is -1.94. The summed E-state index contributed by atoms with van der Waals surface area (Å²) in [7, 11) is 0. The lowest BCUT2D eigenvalue weighted by Gasteiger charge is -2.49. The predicted molar refractivity (Wildman–Crippen MR) is 125 cm³/mol. The van der Waals surface area contributed by atoms with Crippen LogP contribution in [0.1, 0.15) is 16.4 Å². The van der Waals surface area contributed by atoms with Crippen LogP contribution in [0.4, 0.5) is 13.2 Å². The number of aromatic nitrogens is 4. The lowest BCUT2D eigenvalue weighted by Crippen LogP contribution is -2.70. The Hall–Kier alpha value is -2.11. The molecule has 35 heavy (non-hydrogen) atoms. The second-order valence-corrected chi connectivity index (χ2v) is 11.8. The van der Waals surface area contributed by atoms with Gasteiger partial charge in [0.1, 0.15) is 28.7 Å². The third kappa shape index (κ3) is 5.08. The average Bonchev–Trinajstić information content (AvgIpc) is 3.32. The molecule has 0 saturated carbocycles. The number of nitrogens with zero attached hydrogens (tertiary/aromatic N) is 5. The molecule has 0 aromatic carbocycles. The second kappa shape index (κ2) is 9.74. The molecule has 0 aliphatic carbocycles. The molecule has 2 atom stereocenters. The Kier molecular flexibility index (Phi) is 7.23. The molecule has 0 radical (unpaired) electrons. The highest BCUT2D eigenvalue weighted by Gasteiger charge is 2.54. The van der Waals surface area contributed by atoms with Crippen molar-refractivity contribution in [3.8, 4) is 0 Å². The van der Waals surface area contributed by atoms with Gasteiger partial charge < -0.3 is 10.4 Å². The number of carbonyl (C=O) groups excluding carboxylic acids is 2. The van der Waals surface area contributed by atoms with Crippen molar-refractivity contribution in [1.82, 2.24) is 30.2 Å². The average molecular weight is 613 g/mol. The van der Waals surface area contributed by atoms with Crippen LogP contribution in [-0.2, 0) is 27.1 Å². The molecule has 10 nitrogen and oxygen atoms in total. The molecule has 0 spiro atoms. The van der Waals surface area contributed by atoms with E-state index in [-0.39, 0.29) is 15.9 Å². The van der Waals surface area contributed by atoms with Gasteiger partial charge in [-0.1, -0.05) is 23.1 Å². The molecular weight excluding hydrogens is 597 g/mol. The third-order valence-corrected chi connectivity index (χ3v) is 9.49. The monoisotopic (exact) mass is 612 g/mol. The number of rotatable bonds is 7. The van der Waals surface area contributed by atoms with Crippen LogP contribution >= 0.6 is 50.8 Å². The van der Waals surface area contributed by atoms with E-state index in [0.29, 0.717) is 21.4 Å². The Balaban J connectivity index is 1.44. The highest BCUT2D eigenvalue weighted by molar-refractivity contribution is 9.10. The van der Waals surface area contributed by atoms with Crippen molar-refractivity contribution in [2.75, 3.05) is 11.5 Å². The zero-order chi connectivity index (χ0) is 25.7. The number of β-lactam (4-membered cyclic amide) rings is 1. The highest BCUT2D eigenvalue weighted by atomic mass is 79.9. The number of amides is 2. The molecule has 0 bridgehead atoms. The van der Waals surface area contributed by atoms with E-state index in [4.69, 9.17) is 0 Å². The van der Waals surface area contributed by atoms with E-state index in [2.05, 4.69) is 36.5 Å². The van der Waals surface area contributed by atoms with Crippen LogP contribution in [0.5, 0.6) is 0 Å². The SMILES string of the molecule is Cc1nnc(SCC2=C(C(=O)O)N3C(=O)[C@@H](NC(=O)Cn4nc(C(F)(F)F)c(Br)c4C)[C@H]3SC2)s1. The Labute approximate surface area is 216 Å². The first-order chi connectivity index (χ1) is 16.4. The first kappa shape index (κ1) is 26.0. The smallest absolute Gasteiger partial charge is 0.436 e. The maximum atomic E-state index is 13.1. The minimum absolute atomic E-state index is 0.102. The number of carboxylic acid groups (broad SMARTS) is 1. The number of hydrogen-bond donors (Lipinski definition) is 2. The maximum absolute atomic E-state index is 13.1. The summed E-state index contributed by atoms with van der Waals surface area (Å²) in [4.78, 5) is 38.4. The number of aryl methyl sites for hydroxylation is 1. The Morgan fingerprint density at radius 1 is 1.31 bits per heavy atom. The fourth-order valence-corrected chi connectivity index (χ4v) is 7.30. The summed E-state index contributed by atoms with van der Waals surface area (Å²) < 4.78 is 40.5. The van der Waals surface area contributed by atoms with Crippen LogP contribution < -0.4 is 5.32 Å². The molecule has 1 fully saturated rings. The molecule has 4 rings (SSSR count). The van der Waals surface area contributed by atoms with E-state index in [1.165, 1.54) is 41.8 Å². The topological polar surface area (TPSA) is 130 Å². The summed E-state index contributed by atoms with van der Waals surface area (Å²) in [6, 6.07) is -0.997. The van der Waals surface area contributed by atoms with Crippen molar-refractivity contribution in [2.24, 2.45) is 0 Å². The van der Waals surface area contributed by atoms with Gasteiger partial charge in [0, 0.05) is 11.5 Å². The van der Waals surface area contributed by atoms with Crippen molar-refractivity contribution in [2.45, 2.75) is 42.3 Å². The minimum atomic E-state index is -4.70. The van der Waals surface area contributed by atoms with Gasteiger partial charge in [0.05, 0.1) is 10.2 Å². The lowest BCUT2D eigenvalue weighted by molar-refractivity contribution is -0.150. The first-order valence-electron chi connectivity index (χ1n) is 9.80. The number of nitrogens with one attached hydrogen (secondary N) is 1. The van der Waals surface area contributed by atoms with E-state index in [1.807, 2.05) is 0 Å². The van der Waals surface area contributed by atoms with E-state index in [0.717, 1.165) is 14.6 Å². The van der Waals surface area contributed by atoms with Gasteiger partial charge in [-0.2, -0.15) is 18.3 Å². The number of alkyl halides is 3. The van der Waals surface area contributed by atoms with Crippen LogP contribution in [0.3, 0.4) is 0 Å². The Morgan fingerprint density at radius 3 is 2.60 bits per heavy atom. The predicted octanol–water partition coefficient (Wildman–Crippen LogP) is 2.66. The van der Waals surface area contributed by atoms with Crippen LogP contribution in [-0.4, -0.2) is 70.7 Å². The number of aliphatic carboxylic acids is 1. The van der Waals surface area contributed by atoms with Gasteiger partial charge in [-0.15, -0.1) is 22.0 Å². The van der Waals surface area contributed by atoms with Crippen LogP contribution in [0.25, 0.3) is 0 Å². The summed E-state index contributed by atoms with van der Waals surface area (Å²) in [5, 5.41) is 23.8. The number of halogens is 4. The minimum Gasteiger partial charge on any atom is -0.477 e. The van der Waals surface area contributed by atoms with E-state index in [9.17, 15) is 32.7 Å². The quantitative estimate of drug-likeness (QED) is 0.358. The Morgan fingerprint density at radius 2 is 2.03 bits per heavy atom. The van der Waals surface area contributed by atoms with Crippen LogP contribution in [0.15, 0.2) is 20.1 Å². The standard InChI is InChI=1S/C18H16BrF3N6O4S3/c1-6-10(19)13(18(20,21)22)26-27(6)3-9(29)23-11-14(30)28-12(16(31)32)8(4-33-15(11)28)5-34-17-25-24-7(2)35-17/h11,15H,3-5H2,1-2H3,(H,23,29)(H,31,32)/t11-,15-/m1/s1. The van der Waals surface area contributed by atoms with Crippen LogP contribution in [0.2, 0.25) is 0 Å². The summed E-state index contributed by atoms with van der Waals surface area (Å²) in [6.07, 6.45) is -4.70. The normalized spacial score (nSPS) is 20.1. The van der Waals surface area contributed by atoms with Gasteiger partial charge in [-0.25, -0.2) is 4.79 Å². The van der Waals surface area contributed by atoms with E-state index >= 15 is 0 Å². The summed E-state index contributed by atoms with van der Waals surface area (Å²) in [5.41, 5.74) is -0.627. The molecule has 0 unspecified atom stereocenters. The second-order valence-electron chi connectivity index (χ2n) is 7.49. The van der Waals surface area contributed by atoms with Gasteiger partial charge in [0.15, 0.2) is 10.0 Å². The molecular formula is C18H16BrF3N6O4S3. The number of carboxylic acids is 1. The number of fused-ring (bicyclic) bond motifs is 1. The van der Waals surface area contributed by atoms with Gasteiger partial charge in [0.2, 0.25) is 5.91 Å². The summed E-state index contributed by atoms with van der Waals surface area (Å²) in [6.45, 7) is 2.64. The van der Waals surface area contributed by atoms with Crippen molar-refractivity contribution in [3.63, 3.8) is 0 Å². The van der Waals surface area contributed by atoms with E-state index in [1.54, 1.807) is 6.92 Å². The molecule has 17 heteroatoms. The molecule has 2 aliphatic rings. The van der Waals surface area contributed by atoms with E-state index < -0.39 is 47.6 Å². The zero-order valence-electron chi connectivity index (χ0n) is 17.9. The molecule has 2 aliphatic heterocycles. The third-order valence-electron chi connectivity index (χ3n) is 5.14. The van der Waals surface area contributed by atoms with Crippen molar-refractivity contribution in [1.29, 1.82) is 0 Å². The molecule has 2 aromatic rings. The maximum Gasteiger partial charge on any atom is 0.436 e. The van der Waals surface area contributed by atoms with Crippen molar-refractivity contribution >= 4 is 68.6 Å². The molecule has 2 aromatic heterocycles. The lowest BCUT2D eigenvalue weighted by atomic mass is 10.0. The summed E-state index contributed by atoms with van der Waals surface area (Å²) >= 11 is 6.85. The van der Waals surface area contributed by atoms with Gasteiger partial charge in [0.25, 0.3) is 5.91 Å². The largest absolute Gasteiger partial charge is 0.477 e. The molecule has 2 N–H and O–H groups in total. The molecule has 188 valence electrons. The fourth-order valence-electron chi connectivity index (χ4n) is 3.49. The highest BCUT2D eigenvalue weighted by Crippen LogP contribution is 2.42. The van der Waals surface area contributed by atoms with Gasteiger partial charge in [-0.3, -0.25) is 19.2 Å². The van der Waals surface area contributed by atoms with Gasteiger partial charge in [-0.05, 0) is 35.4 Å². The van der Waals surface area contributed by atoms with Crippen molar-refractivity contribution < 1.29 is 32.7 Å². The van der Waals surface area contributed by atoms with Crippen LogP contribution in [0, 0.1) is 13.8 Å². The number of hydrogen-bond acceptors (Lipinski definition) is 9. The zero-order valence-corrected chi connectivity index (χ0v) is 22.0. The number of thioether (sulfide) groups is 2.